The van der Waals surface area contributed by atoms with Crippen LogP contribution in [0.3, 0.4) is 0 Å². The van der Waals surface area contributed by atoms with Crippen LogP contribution in [0.25, 0.3) is 0 Å². The first-order chi connectivity index (χ1) is 11.2. The number of rotatable bonds is 8. The van der Waals surface area contributed by atoms with Crippen LogP contribution in [0.15, 0.2) is 18.2 Å². The van der Waals surface area contributed by atoms with Gasteiger partial charge in [0.25, 0.3) is 0 Å². The summed E-state index contributed by atoms with van der Waals surface area (Å²) in [5, 5.41) is 0. The number of hydrogen-bond acceptors (Lipinski definition) is 5. The first-order valence-corrected chi connectivity index (χ1v) is 8.82. The number of ether oxygens (including phenoxy) is 4. The fourth-order valence-electron chi connectivity index (χ4n) is 2.20. The van der Waals surface area contributed by atoms with Crippen LogP contribution in [-0.4, -0.2) is 26.0 Å². The van der Waals surface area contributed by atoms with Crippen LogP contribution in [0.5, 0.6) is 11.5 Å². The highest BCUT2D eigenvalue weighted by Gasteiger charge is 2.24. The average Bonchev–Trinajstić information content (AvgIpc) is 2.50. The number of methoxy groups -OCH3 is 1. The highest BCUT2D eigenvalue weighted by atomic mass is 127. The number of halogens is 1. The van der Waals surface area contributed by atoms with Gasteiger partial charge in [0.05, 0.1) is 10.7 Å². The molecule has 0 spiro atoms. The second-order valence-electron chi connectivity index (χ2n) is 5.43. The molecule has 1 rings (SSSR count). The van der Waals surface area contributed by atoms with E-state index >= 15 is 0 Å². The largest absolute Gasteiger partial charge is 0.495 e. The molecule has 0 aliphatic carbocycles. The molecule has 0 N–H and O–H groups in total. The van der Waals surface area contributed by atoms with Crippen LogP contribution < -0.4 is 9.47 Å². The van der Waals surface area contributed by atoms with Crippen LogP contribution >= 0.6 is 22.6 Å². The van der Waals surface area contributed by atoms with Gasteiger partial charge in [0.15, 0.2) is 6.29 Å². The minimum absolute atomic E-state index is 0.354. The summed E-state index contributed by atoms with van der Waals surface area (Å²) in [7, 11) is 1.62. The Morgan fingerprint density at radius 2 is 1.96 bits per heavy atom. The van der Waals surface area contributed by atoms with Crippen molar-refractivity contribution < 1.29 is 23.7 Å². The van der Waals surface area contributed by atoms with E-state index < -0.39 is 18.4 Å². The zero-order valence-corrected chi connectivity index (χ0v) is 17.2. The second-order valence-corrected chi connectivity index (χ2v) is 6.51. The van der Waals surface area contributed by atoms with Gasteiger partial charge in [-0.25, -0.2) is 4.79 Å². The van der Waals surface area contributed by atoms with Crippen molar-refractivity contribution in [1.29, 1.82) is 0 Å². The van der Waals surface area contributed by atoms with E-state index in [2.05, 4.69) is 29.2 Å². The van der Waals surface area contributed by atoms with E-state index in [0.717, 1.165) is 20.4 Å². The number of carbonyl (C=O) groups excluding carboxylic acids is 1. The van der Waals surface area contributed by atoms with Gasteiger partial charge in [0, 0.05) is 17.7 Å². The minimum Gasteiger partial charge on any atom is -0.495 e. The number of hydrogen-bond donors (Lipinski definition) is 0. The van der Waals surface area contributed by atoms with E-state index in [1.807, 2.05) is 26.8 Å². The first kappa shape index (κ1) is 20.8. The Morgan fingerprint density at radius 3 is 2.46 bits per heavy atom. The molecule has 2 unspecified atom stereocenters. The summed E-state index contributed by atoms with van der Waals surface area (Å²) < 4.78 is 23.2. The van der Waals surface area contributed by atoms with Crippen LogP contribution in [0, 0.1) is 10.5 Å². The van der Waals surface area contributed by atoms with E-state index in [-0.39, 0.29) is 0 Å². The molecule has 24 heavy (non-hydrogen) atoms. The van der Waals surface area contributed by atoms with Crippen molar-refractivity contribution in [3.63, 3.8) is 0 Å². The minimum atomic E-state index is -0.490. The second kappa shape index (κ2) is 9.27. The van der Waals surface area contributed by atoms with Crippen molar-refractivity contribution in [3.8, 4) is 11.5 Å². The molecular weight excluding hydrogens is 423 g/mol. The maximum absolute atomic E-state index is 11.8. The molecular formula is C18H25IO5. The molecule has 5 nitrogen and oxygen atoms in total. The normalized spacial score (nSPS) is 13.1. The Kier molecular flexibility index (Phi) is 8.02. The molecule has 2 atom stereocenters. The van der Waals surface area contributed by atoms with E-state index in [4.69, 9.17) is 18.9 Å². The summed E-state index contributed by atoms with van der Waals surface area (Å²) in [4.78, 5) is 11.8. The van der Waals surface area contributed by atoms with E-state index in [9.17, 15) is 4.79 Å². The smallest absolute Gasteiger partial charge is 0.333 e. The lowest BCUT2D eigenvalue weighted by Crippen LogP contribution is -2.19. The number of aryl methyl sites for hydroxylation is 1. The third kappa shape index (κ3) is 5.11. The third-order valence-corrected chi connectivity index (χ3v) is 4.33. The Balaban J connectivity index is 3.30. The van der Waals surface area contributed by atoms with E-state index in [1.54, 1.807) is 21.0 Å². The third-order valence-electron chi connectivity index (χ3n) is 3.35. The van der Waals surface area contributed by atoms with Crippen LogP contribution in [0.2, 0.25) is 0 Å². The number of carbonyl (C=O) groups is 1. The van der Waals surface area contributed by atoms with Gasteiger partial charge in [-0.2, -0.15) is 0 Å². The van der Waals surface area contributed by atoms with Gasteiger partial charge in [-0.15, -0.1) is 0 Å². The molecule has 0 radical (unpaired) electrons. The topological polar surface area (TPSA) is 54.0 Å². The van der Waals surface area contributed by atoms with Gasteiger partial charge < -0.3 is 18.9 Å². The summed E-state index contributed by atoms with van der Waals surface area (Å²) in [5.74, 6) is 0.896. The molecule has 0 heterocycles. The maximum Gasteiger partial charge on any atom is 0.333 e. The Labute approximate surface area is 157 Å². The molecule has 0 fully saturated rings. The van der Waals surface area contributed by atoms with Crippen molar-refractivity contribution >= 4 is 28.6 Å². The van der Waals surface area contributed by atoms with Gasteiger partial charge in [0.2, 0.25) is 0 Å². The Hall–Kier alpha value is -1.28. The summed E-state index contributed by atoms with van der Waals surface area (Å²) in [6.07, 6.45) is -0.921. The summed E-state index contributed by atoms with van der Waals surface area (Å²) in [6, 6.07) is 1.91. The lowest BCUT2D eigenvalue weighted by atomic mass is 10.0. The van der Waals surface area contributed by atoms with Crippen LogP contribution in [0.1, 0.15) is 44.9 Å². The van der Waals surface area contributed by atoms with Gasteiger partial charge in [-0.05, 0) is 68.8 Å². The van der Waals surface area contributed by atoms with Gasteiger partial charge in [-0.1, -0.05) is 6.58 Å². The monoisotopic (exact) mass is 448 g/mol. The molecule has 6 heteroatoms. The zero-order chi connectivity index (χ0) is 18.4. The fourth-order valence-corrected chi connectivity index (χ4v) is 3.28. The zero-order valence-electron chi connectivity index (χ0n) is 15.1. The molecule has 0 aliphatic rings. The molecule has 0 amide bonds. The SMILES string of the molecule is C=C(C)C(=O)OC(C)c1cc(C)c(OC)c(I)c1OC(C)OCC. The lowest BCUT2D eigenvalue weighted by molar-refractivity contribution is -0.143. The molecule has 1 aromatic rings. The number of benzene rings is 1. The molecule has 0 bridgehead atoms. The van der Waals surface area contributed by atoms with Gasteiger partial charge in [0.1, 0.15) is 17.6 Å². The number of esters is 1. The van der Waals surface area contributed by atoms with Gasteiger partial charge in [-0.3, -0.25) is 0 Å². The highest BCUT2D eigenvalue weighted by molar-refractivity contribution is 14.1. The van der Waals surface area contributed by atoms with Crippen molar-refractivity contribution in [2.75, 3.05) is 13.7 Å². The first-order valence-electron chi connectivity index (χ1n) is 7.74. The Morgan fingerprint density at radius 1 is 1.33 bits per heavy atom. The predicted octanol–water partition coefficient (Wildman–Crippen LogP) is 4.55. The van der Waals surface area contributed by atoms with Crippen molar-refractivity contribution in [2.24, 2.45) is 0 Å². The van der Waals surface area contributed by atoms with Gasteiger partial charge >= 0.3 is 5.97 Å². The fraction of sp³-hybridized carbons (Fsp3) is 0.500. The molecule has 1 aromatic carbocycles. The van der Waals surface area contributed by atoms with Crippen molar-refractivity contribution in [2.45, 2.75) is 47.0 Å². The molecule has 0 saturated heterocycles. The van der Waals surface area contributed by atoms with E-state index in [1.165, 1.54) is 0 Å². The van der Waals surface area contributed by atoms with Crippen molar-refractivity contribution in [3.05, 3.63) is 32.9 Å². The van der Waals surface area contributed by atoms with Crippen LogP contribution in [0.4, 0.5) is 0 Å². The molecule has 0 saturated carbocycles. The van der Waals surface area contributed by atoms with Crippen molar-refractivity contribution in [1.82, 2.24) is 0 Å². The highest BCUT2D eigenvalue weighted by Crippen LogP contribution is 2.40. The van der Waals surface area contributed by atoms with Crippen LogP contribution in [-0.2, 0) is 14.3 Å². The predicted molar refractivity (Wildman–Crippen MR) is 101 cm³/mol. The summed E-state index contributed by atoms with van der Waals surface area (Å²) in [6.45, 7) is 13.2. The Bertz CT molecular complexity index is 612. The summed E-state index contributed by atoms with van der Waals surface area (Å²) >= 11 is 2.17. The average molecular weight is 448 g/mol. The van der Waals surface area contributed by atoms with E-state index in [0.29, 0.717) is 17.9 Å². The lowest BCUT2D eigenvalue weighted by Gasteiger charge is -2.24. The molecule has 0 aliphatic heterocycles. The molecule has 134 valence electrons. The molecule has 0 aromatic heterocycles. The quantitative estimate of drug-likeness (QED) is 0.253. The summed E-state index contributed by atoms with van der Waals surface area (Å²) in [5.41, 5.74) is 2.05. The standard InChI is InChI=1S/C18H25IO5/c1-8-22-13(6)24-17-14(12(5)23-18(20)10(2)3)9-11(4)16(21-7)15(17)19/h9,12-13H,2,8H2,1,3-7H3. The maximum atomic E-state index is 11.8.